The predicted molar refractivity (Wildman–Crippen MR) is 65.7 cm³/mol. The standard InChI is InChI=1S/C13H15BrF2O/c14-10-5-6-11(15)9(13(10)16)7-8-3-1-2-4-12(8)17/h5-6,8,12,17H,1-4,7H2. The quantitative estimate of drug-likeness (QED) is 0.824. The van der Waals surface area contributed by atoms with Gasteiger partial charge < -0.3 is 5.11 Å². The largest absolute Gasteiger partial charge is 0.393 e. The molecule has 0 saturated heterocycles. The van der Waals surface area contributed by atoms with Crippen LogP contribution in [-0.2, 0) is 6.42 Å². The van der Waals surface area contributed by atoms with Crippen LogP contribution in [0.15, 0.2) is 16.6 Å². The molecule has 1 nitrogen and oxygen atoms in total. The van der Waals surface area contributed by atoms with E-state index in [2.05, 4.69) is 15.9 Å². The number of hydrogen-bond acceptors (Lipinski definition) is 1. The van der Waals surface area contributed by atoms with Crippen LogP contribution in [0.25, 0.3) is 0 Å². The van der Waals surface area contributed by atoms with Gasteiger partial charge in [-0.25, -0.2) is 8.78 Å². The van der Waals surface area contributed by atoms with E-state index in [0.29, 0.717) is 0 Å². The van der Waals surface area contributed by atoms with Crippen LogP contribution < -0.4 is 0 Å². The molecular formula is C13H15BrF2O. The summed E-state index contributed by atoms with van der Waals surface area (Å²) >= 11 is 3.06. The first kappa shape index (κ1) is 13.0. The van der Waals surface area contributed by atoms with Gasteiger partial charge in [-0.3, -0.25) is 0 Å². The molecule has 1 aliphatic rings. The van der Waals surface area contributed by atoms with Gasteiger partial charge in [0.15, 0.2) is 0 Å². The van der Waals surface area contributed by atoms with Crippen LogP contribution in [0, 0.1) is 17.6 Å². The molecule has 0 spiro atoms. The molecule has 1 fully saturated rings. The summed E-state index contributed by atoms with van der Waals surface area (Å²) in [6.07, 6.45) is 3.45. The third-order valence-corrected chi connectivity index (χ3v) is 4.09. The third kappa shape index (κ3) is 2.86. The van der Waals surface area contributed by atoms with Crippen molar-refractivity contribution in [2.75, 3.05) is 0 Å². The minimum atomic E-state index is -0.539. The van der Waals surface area contributed by atoms with Crippen molar-refractivity contribution in [1.82, 2.24) is 0 Å². The fourth-order valence-corrected chi connectivity index (χ4v) is 2.82. The van der Waals surface area contributed by atoms with Crippen LogP contribution in [0.5, 0.6) is 0 Å². The van der Waals surface area contributed by atoms with Crippen LogP contribution in [0.2, 0.25) is 0 Å². The van der Waals surface area contributed by atoms with Gasteiger partial charge in [-0.15, -0.1) is 0 Å². The molecule has 2 rings (SSSR count). The Hall–Kier alpha value is -0.480. The molecule has 1 N–H and O–H groups in total. The number of aliphatic hydroxyl groups is 1. The molecule has 0 radical (unpaired) electrons. The number of aliphatic hydroxyl groups excluding tert-OH is 1. The van der Waals surface area contributed by atoms with Gasteiger partial charge in [-0.2, -0.15) is 0 Å². The topological polar surface area (TPSA) is 20.2 Å². The van der Waals surface area contributed by atoms with Crippen LogP contribution in [0.1, 0.15) is 31.2 Å². The maximum atomic E-state index is 13.8. The van der Waals surface area contributed by atoms with E-state index in [0.717, 1.165) is 25.7 Å². The van der Waals surface area contributed by atoms with Crippen molar-refractivity contribution in [3.8, 4) is 0 Å². The molecule has 2 unspecified atom stereocenters. The van der Waals surface area contributed by atoms with Crippen molar-refractivity contribution in [2.24, 2.45) is 5.92 Å². The monoisotopic (exact) mass is 304 g/mol. The molecule has 1 aliphatic carbocycles. The smallest absolute Gasteiger partial charge is 0.143 e. The van der Waals surface area contributed by atoms with Gasteiger partial charge in [0.1, 0.15) is 11.6 Å². The zero-order chi connectivity index (χ0) is 12.4. The normalized spacial score (nSPS) is 24.9. The van der Waals surface area contributed by atoms with Crippen molar-refractivity contribution in [3.63, 3.8) is 0 Å². The average Bonchev–Trinajstić information content (AvgIpc) is 2.32. The summed E-state index contributed by atoms with van der Waals surface area (Å²) in [4.78, 5) is 0. The van der Waals surface area contributed by atoms with E-state index in [4.69, 9.17) is 0 Å². The Morgan fingerprint density at radius 2 is 1.94 bits per heavy atom. The van der Waals surface area contributed by atoms with Gasteiger partial charge in [0, 0.05) is 5.56 Å². The van der Waals surface area contributed by atoms with E-state index < -0.39 is 17.7 Å². The zero-order valence-electron chi connectivity index (χ0n) is 9.43. The Balaban J connectivity index is 2.20. The second kappa shape index (κ2) is 5.44. The molecule has 1 aromatic carbocycles. The summed E-state index contributed by atoms with van der Waals surface area (Å²) in [6, 6.07) is 2.63. The molecule has 0 aliphatic heterocycles. The fraction of sp³-hybridized carbons (Fsp3) is 0.538. The first-order valence-corrected chi connectivity index (χ1v) is 6.69. The van der Waals surface area contributed by atoms with Gasteiger partial charge >= 0.3 is 0 Å². The second-order valence-electron chi connectivity index (χ2n) is 4.64. The highest BCUT2D eigenvalue weighted by Gasteiger charge is 2.26. The predicted octanol–water partition coefficient (Wildman–Crippen LogP) is 3.82. The summed E-state index contributed by atoms with van der Waals surface area (Å²) in [5.41, 5.74) is 0.0883. The lowest BCUT2D eigenvalue weighted by molar-refractivity contribution is 0.0691. The van der Waals surface area contributed by atoms with E-state index in [1.165, 1.54) is 12.1 Å². The molecule has 0 aromatic heterocycles. The van der Waals surface area contributed by atoms with Gasteiger partial charge in [0.2, 0.25) is 0 Å². The lowest BCUT2D eigenvalue weighted by Gasteiger charge is -2.27. The molecule has 1 saturated carbocycles. The van der Waals surface area contributed by atoms with Crippen molar-refractivity contribution >= 4 is 15.9 Å². The first-order valence-electron chi connectivity index (χ1n) is 5.90. The Kier molecular flexibility index (Phi) is 4.15. The summed E-state index contributed by atoms with van der Waals surface area (Å²) in [5, 5.41) is 9.82. The van der Waals surface area contributed by atoms with E-state index in [1.54, 1.807) is 0 Å². The zero-order valence-corrected chi connectivity index (χ0v) is 11.0. The SMILES string of the molecule is OC1CCCCC1Cc1c(F)ccc(Br)c1F. The summed E-state index contributed by atoms with van der Waals surface area (Å²) in [5.74, 6) is -1.09. The van der Waals surface area contributed by atoms with Crippen LogP contribution in [-0.4, -0.2) is 11.2 Å². The number of hydrogen-bond donors (Lipinski definition) is 1. The van der Waals surface area contributed by atoms with Crippen molar-refractivity contribution in [2.45, 2.75) is 38.2 Å². The molecule has 2 atom stereocenters. The molecule has 0 heterocycles. The highest BCUT2D eigenvalue weighted by molar-refractivity contribution is 9.10. The summed E-state index contributed by atoms with van der Waals surface area (Å²) in [6.45, 7) is 0. The summed E-state index contributed by atoms with van der Waals surface area (Å²) in [7, 11) is 0. The van der Waals surface area contributed by atoms with Crippen molar-refractivity contribution in [3.05, 3.63) is 33.8 Å². The number of benzene rings is 1. The van der Waals surface area contributed by atoms with Crippen molar-refractivity contribution in [1.29, 1.82) is 0 Å². The third-order valence-electron chi connectivity index (χ3n) is 3.47. The molecular weight excluding hydrogens is 290 g/mol. The average molecular weight is 305 g/mol. The molecule has 4 heteroatoms. The second-order valence-corrected chi connectivity index (χ2v) is 5.49. The lowest BCUT2D eigenvalue weighted by atomic mass is 9.82. The fourth-order valence-electron chi connectivity index (χ4n) is 2.44. The minimum absolute atomic E-state index is 0.0259. The van der Waals surface area contributed by atoms with Gasteiger partial charge in [0.05, 0.1) is 10.6 Å². The molecule has 0 amide bonds. The van der Waals surface area contributed by atoms with E-state index in [1.807, 2.05) is 0 Å². The Labute approximate surface area is 108 Å². The molecule has 0 bridgehead atoms. The minimum Gasteiger partial charge on any atom is -0.393 e. The maximum Gasteiger partial charge on any atom is 0.143 e. The highest BCUT2D eigenvalue weighted by atomic mass is 79.9. The van der Waals surface area contributed by atoms with Gasteiger partial charge in [-0.1, -0.05) is 12.8 Å². The van der Waals surface area contributed by atoms with Crippen LogP contribution in [0.4, 0.5) is 8.78 Å². The first-order chi connectivity index (χ1) is 8.09. The van der Waals surface area contributed by atoms with E-state index >= 15 is 0 Å². The van der Waals surface area contributed by atoms with E-state index in [-0.39, 0.29) is 22.4 Å². The number of rotatable bonds is 2. The maximum absolute atomic E-state index is 13.8. The molecule has 17 heavy (non-hydrogen) atoms. The Morgan fingerprint density at radius 1 is 1.24 bits per heavy atom. The van der Waals surface area contributed by atoms with Gasteiger partial charge in [-0.05, 0) is 53.2 Å². The van der Waals surface area contributed by atoms with Gasteiger partial charge in [0.25, 0.3) is 0 Å². The summed E-state index contributed by atoms with van der Waals surface area (Å²) < 4.78 is 27.6. The molecule has 94 valence electrons. The molecule has 1 aromatic rings. The van der Waals surface area contributed by atoms with Crippen LogP contribution in [0.3, 0.4) is 0 Å². The lowest BCUT2D eigenvalue weighted by Crippen LogP contribution is -2.26. The Morgan fingerprint density at radius 3 is 2.65 bits per heavy atom. The highest BCUT2D eigenvalue weighted by Crippen LogP contribution is 2.30. The Bertz CT molecular complexity index is 409. The van der Waals surface area contributed by atoms with Crippen LogP contribution >= 0.6 is 15.9 Å². The van der Waals surface area contributed by atoms with Crippen molar-refractivity contribution < 1.29 is 13.9 Å². The number of halogens is 3. The van der Waals surface area contributed by atoms with E-state index in [9.17, 15) is 13.9 Å².